The number of aryl methyl sites for hydroxylation is 2. The number of hydrogen-bond acceptors (Lipinski definition) is 2. The number of aromatic nitrogens is 2. The molecule has 0 bridgehead atoms. The summed E-state index contributed by atoms with van der Waals surface area (Å²) in [4.78, 5) is 11.6. The van der Waals surface area contributed by atoms with Crippen molar-refractivity contribution >= 4 is 5.78 Å². The number of carbonyl (C=O) groups is 1. The highest BCUT2D eigenvalue weighted by Crippen LogP contribution is 2.08. The van der Waals surface area contributed by atoms with Gasteiger partial charge >= 0.3 is 0 Å². The molecule has 1 aromatic rings. The molecule has 0 aliphatic rings. The average Bonchev–Trinajstić information content (AvgIpc) is 2.46. The van der Waals surface area contributed by atoms with Gasteiger partial charge in [-0.2, -0.15) is 5.10 Å². The van der Waals surface area contributed by atoms with Crippen molar-refractivity contribution in [2.24, 2.45) is 13.0 Å². The molecule has 0 aliphatic carbocycles. The lowest BCUT2D eigenvalue weighted by molar-refractivity contribution is -0.119. The molecule has 0 radical (unpaired) electrons. The summed E-state index contributed by atoms with van der Waals surface area (Å²) >= 11 is 0. The molecule has 3 nitrogen and oxygen atoms in total. The van der Waals surface area contributed by atoms with Crippen LogP contribution < -0.4 is 0 Å². The fourth-order valence-corrected chi connectivity index (χ4v) is 1.64. The summed E-state index contributed by atoms with van der Waals surface area (Å²) in [5.41, 5.74) is 2.09. The minimum atomic E-state index is 0.302. The highest BCUT2D eigenvalue weighted by Gasteiger charge is 2.10. The van der Waals surface area contributed by atoms with Crippen LogP contribution in [0.2, 0.25) is 0 Å². The van der Waals surface area contributed by atoms with Crippen LogP contribution in [0.15, 0.2) is 6.07 Å². The number of Topliss-reactive ketones (excluding diaryl/α,β-unsaturated/α-hetero) is 1. The molecule has 0 spiro atoms. The monoisotopic (exact) mass is 208 g/mol. The standard InChI is InChI=1S/C12H20N2O/c1-5-10-7-11(14(4)13-10)8-12(15)6-9(2)3/h7,9H,5-6,8H2,1-4H3. The Hall–Kier alpha value is -1.12. The van der Waals surface area contributed by atoms with Crippen molar-refractivity contribution in [3.8, 4) is 0 Å². The third kappa shape index (κ3) is 3.50. The summed E-state index contributed by atoms with van der Waals surface area (Å²) < 4.78 is 1.82. The van der Waals surface area contributed by atoms with E-state index in [4.69, 9.17) is 0 Å². The van der Waals surface area contributed by atoms with E-state index in [-0.39, 0.29) is 0 Å². The smallest absolute Gasteiger partial charge is 0.139 e. The third-order valence-corrected chi connectivity index (χ3v) is 2.40. The van der Waals surface area contributed by atoms with Crippen LogP contribution in [0, 0.1) is 5.92 Å². The molecule has 1 rings (SSSR count). The SMILES string of the molecule is CCc1cc(CC(=O)CC(C)C)n(C)n1. The predicted molar refractivity (Wildman–Crippen MR) is 60.8 cm³/mol. The molecule has 1 aromatic heterocycles. The summed E-state index contributed by atoms with van der Waals surface area (Å²) in [6.07, 6.45) is 2.10. The molecule has 0 aliphatic heterocycles. The van der Waals surface area contributed by atoms with E-state index < -0.39 is 0 Å². The second-order valence-corrected chi connectivity index (χ2v) is 4.42. The highest BCUT2D eigenvalue weighted by molar-refractivity contribution is 5.80. The molecule has 3 heteroatoms. The van der Waals surface area contributed by atoms with Gasteiger partial charge in [-0.25, -0.2) is 0 Å². The van der Waals surface area contributed by atoms with E-state index in [9.17, 15) is 4.79 Å². The van der Waals surface area contributed by atoms with Gasteiger partial charge in [0.25, 0.3) is 0 Å². The number of ketones is 1. The molecule has 0 atom stereocenters. The zero-order chi connectivity index (χ0) is 11.4. The van der Waals surface area contributed by atoms with Crippen molar-refractivity contribution in [1.29, 1.82) is 0 Å². The van der Waals surface area contributed by atoms with Gasteiger partial charge < -0.3 is 0 Å². The van der Waals surface area contributed by atoms with Crippen LogP contribution in [-0.4, -0.2) is 15.6 Å². The Labute approximate surface area is 91.5 Å². The molecule has 0 saturated carbocycles. The number of hydrogen-bond donors (Lipinski definition) is 0. The van der Waals surface area contributed by atoms with Crippen LogP contribution in [0.3, 0.4) is 0 Å². The largest absolute Gasteiger partial charge is 0.299 e. The van der Waals surface area contributed by atoms with Gasteiger partial charge in [-0.1, -0.05) is 20.8 Å². The minimum absolute atomic E-state index is 0.302. The summed E-state index contributed by atoms with van der Waals surface area (Å²) in [6, 6.07) is 2.03. The Bertz CT molecular complexity index is 339. The summed E-state index contributed by atoms with van der Waals surface area (Å²) in [7, 11) is 1.90. The lowest BCUT2D eigenvalue weighted by Crippen LogP contribution is -2.09. The minimum Gasteiger partial charge on any atom is -0.299 e. The van der Waals surface area contributed by atoms with Gasteiger partial charge in [0, 0.05) is 25.6 Å². The van der Waals surface area contributed by atoms with E-state index >= 15 is 0 Å². The summed E-state index contributed by atoms with van der Waals surface area (Å²) in [5.74, 6) is 0.743. The van der Waals surface area contributed by atoms with Gasteiger partial charge in [-0.15, -0.1) is 0 Å². The van der Waals surface area contributed by atoms with E-state index in [1.807, 2.05) is 17.8 Å². The number of nitrogens with zero attached hydrogens (tertiary/aromatic N) is 2. The Morgan fingerprint density at radius 2 is 2.20 bits per heavy atom. The molecule has 0 amide bonds. The van der Waals surface area contributed by atoms with Crippen molar-refractivity contribution in [2.45, 2.75) is 40.0 Å². The second kappa shape index (κ2) is 5.10. The van der Waals surface area contributed by atoms with Gasteiger partial charge in [-0.3, -0.25) is 9.48 Å². The maximum absolute atomic E-state index is 11.6. The quantitative estimate of drug-likeness (QED) is 0.743. The van der Waals surface area contributed by atoms with Crippen molar-refractivity contribution < 1.29 is 4.79 Å². The van der Waals surface area contributed by atoms with E-state index in [1.165, 1.54) is 0 Å². The lowest BCUT2D eigenvalue weighted by atomic mass is 10.0. The molecular weight excluding hydrogens is 188 g/mol. The van der Waals surface area contributed by atoms with E-state index in [1.54, 1.807) is 0 Å². The molecular formula is C12H20N2O. The molecule has 0 fully saturated rings. The van der Waals surface area contributed by atoms with Crippen LogP contribution in [0.25, 0.3) is 0 Å². The van der Waals surface area contributed by atoms with E-state index in [0.29, 0.717) is 24.5 Å². The Balaban J connectivity index is 2.63. The van der Waals surface area contributed by atoms with Gasteiger partial charge in [0.1, 0.15) is 5.78 Å². The van der Waals surface area contributed by atoms with Crippen molar-refractivity contribution in [3.05, 3.63) is 17.5 Å². The maximum Gasteiger partial charge on any atom is 0.139 e. The van der Waals surface area contributed by atoms with E-state index in [0.717, 1.165) is 17.8 Å². The lowest BCUT2D eigenvalue weighted by Gasteiger charge is -2.03. The molecule has 0 saturated heterocycles. The first kappa shape index (κ1) is 12.0. The Kier molecular flexibility index (Phi) is 4.06. The maximum atomic E-state index is 11.6. The van der Waals surface area contributed by atoms with Crippen LogP contribution in [0.4, 0.5) is 0 Å². The van der Waals surface area contributed by atoms with Crippen LogP contribution in [0.5, 0.6) is 0 Å². The molecule has 84 valence electrons. The summed E-state index contributed by atoms with van der Waals surface area (Å²) in [6.45, 7) is 6.21. The van der Waals surface area contributed by atoms with Crippen molar-refractivity contribution in [1.82, 2.24) is 9.78 Å². The highest BCUT2D eigenvalue weighted by atomic mass is 16.1. The molecule has 1 heterocycles. The van der Waals surface area contributed by atoms with Crippen LogP contribution in [-0.2, 0) is 24.7 Å². The van der Waals surface area contributed by atoms with Crippen LogP contribution in [0.1, 0.15) is 38.6 Å². The average molecular weight is 208 g/mol. The zero-order valence-electron chi connectivity index (χ0n) is 10.1. The third-order valence-electron chi connectivity index (χ3n) is 2.40. The predicted octanol–water partition coefficient (Wildman–Crippen LogP) is 2.14. The first-order chi connectivity index (χ1) is 7.02. The first-order valence-corrected chi connectivity index (χ1v) is 5.56. The topological polar surface area (TPSA) is 34.9 Å². The van der Waals surface area contributed by atoms with Crippen LogP contribution >= 0.6 is 0 Å². The molecule has 15 heavy (non-hydrogen) atoms. The Morgan fingerprint density at radius 1 is 1.53 bits per heavy atom. The van der Waals surface area contributed by atoms with E-state index in [2.05, 4.69) is 25.9 Å². The van der Waals surface area contributed by atoms with Gasteiger partial charge in [-0.05, 0) is 18.4 Å². The fraction of sp³-hybridized carbons (Fsp3) is 0.667. The number of rotatable bonds is 5. The second-order valence-electron chi connectivity index (χ2n) is 4.42. The molecule has 0 aromatic carbocycles. The first-order valence-electron chi connectivity index (χ1n) is 5.56. The molecule has 0 N–H and O–H groups in total. The van der Waals surface area contributed by atoms with Crippen molar-refractivity contribution in [2.75, 3.05) is 0 Å². The van der Waals surface area contributed by atoms with Crippen molar-refractivity contribution in [3.63, 3.8) is 0 Å². The Morgan fingerprint density at radius 3 is 2.67 bits per heavy atom. The normalized spacial score (nSPS) is 11.0. The van der Waals surface area contributed by atoms with Gasteiger partial charge in [0.15, 0.2) is 0 Å². The fourth-order valence-electron chi connectivity index (χ4n) is 1.64. The zero-order valence-corrected chi connectivity index (χ0v) is 10.1. The van der Waals surface area contributed by atoms with Gasteiger partial charge in [0.05, 0.1) is 5.69 Å². The summed E-state index contributed by atoms with van der Waals surface area (Å²) in [5, 5.41) is 4.33. The van der Waals surface area contributed by atoms with Gasteiger partial charge in [0.2, 0.25) is 0 Å². The molecule has 0 unspecified atom stereocenters. The number of carbonyl (C=O) groups excluding carboxylic acids is 1.